The van der Waals surface area contributed by atoms with E-state index in [9.17, 15) is 19.5 Å². The Balaban J connectivity index is 1.73. The molecule has 0 spiro atoms. The van der Waals surface area contributed by atoms with Gasteiger partial charge in [0.25, 0.3) is 0 Å². The zero-order chi connectivity index (χ0) is 19.4. The lowest BCUT2D eigenvalue weighted by atomic mass is 10.2. The SMILES string of the molecule is CN1C(=O)C[C@@H](C(=O)Nc2ccc(C(=O)[O-])cc2)SC1=Nc1ccccc1. The van der Waals surface area contributed by atoms with Crippen LogP contribution in [0.1, 0.15) is 16.8 Å². The highest BCUT2D eigenvalue weighted by atomic mass is 32.2. The minimum Gasteiger partial charge on any atom is -0.545 e. The summed E-state index contributed by atoms with van der Waals surface area (Å²) in [5.74, 6) is -1.83. The summed E-state index contributed by atoms with van der Waals surface area (Å²) in [4.78, 5) is 41.5. The lowest BCUT2D eigenvalue weighted by Gasteiger charge is -2.28. The summed E-state index contributed by atoms with van der Waals surface area (Å²) in [6.07, 6.45) is 0.0535. The molecule has 2 aromatic rings. The number of nitrogens with zero attached hydrogens (tertiary/aromatic N) is 2. The van der Waals surface area contributed by atoms with Crippen molar-refractivity contribution in [1.82, 2.24) is 4.90 Å². The average molecular weight is 382 g/mol. The quantitative estimate of drug-likeness (QED) is 0.866. The third-order valence-corrected chi connectivity index (χ3v) is 5.17. The molecule has 0 radical (unpaired) electrons. The van der Waals surface area contributed by atoms with Gasteiger partial charge < -0.3 is 15.2 Å². The summed E-state index contributed by atoms with van der Waals surface area (Å²) >= 11 is 1.21. The zero-order valence-electron chi connectivity index (χ0n) is 14.4. The molecule has 1 heterocycles. The molecule has 0 aliphatic carbocycles. The fraction of sp³-hybridized carbons (Fsp3) is 0.158. The number of hydrogen-bond acceptors (Lipinski definition) is 6. The van der Waals surface area contributed by atoms with E-state index in [1.54, 1.807) is 7.05 Å². The van der Waals surface area contributed by atoms with E-state index in [1.165, 1.54) is 40.9 Å². The molecule has 1 fully saturated rings. The number of carboxylic acid groups (broad SMARTS) is 1. The van der Waals surface area contributed by atoms with Crippen LogP contribution in [-0.4, -0.2) is 40.1 Å². The number of benzene rings is 2. The van der Waals surface area contributed by atoms with Gasteiger partial charge in [-0.25, -0.2) is 4.99 Å². The molecule has 0 aromatic heterocycles. The van der Waals surface area contributed by atoms with E-state index in [0.717, 1.165) is 0 Å². The first-order valence-electron chi connectivity index (χ1n) is 8.13. The van der Waals surface area contributed by atoms with E-state index in [2.05, 4.69) is 10.3 Å². The minimum absolute atomic E-state index is 0.0223. The van der Waals surface area contributed by atoms with Gasteiger partial charge >= 0.3 is 0 Å². The number of nitrogens with one attached hydrogen (secondary N) is 1. The van der Waals surface area contributed by atoms with Crippen LogP contribution in [-0.2, 0) is 9.59 Å². The number of rotatable bonds is 4. The Bertz CT molecular complexity index is 897. The van der Waals surface area contributed by atoms with Crippen molar-refractivity contribution in [3.63, 3.8) is 0 Å². The molecule has 1 aliphatic rings. The maximum absolute atomic E-state index is 12.6. The number of anilines is 1. The number of amides is 2. The highest BCUT2D eigenvalue weighted by Crippen LogP contribution is 2.28. The fourth-order valence-corrected chi connectivity index (χ4v) is 3.49. The van der Waals surface area contributed by atoms with Crippen molar-refractivity contribution in [3.8, 4) is 0 Å². The predicted octanol–water partition coefficient (Wildman–Crippen LogP) is 1.64. The van der Waals surface area contributed by atoms with Crippen LogP contribution >= 0.6 is 11.8 Å². The smallest absolute Gasteiger partial charge is 0.238 e. The van der Waals surface area contributed by atoms with Crippen LogP contribution < -0.4 is 10.4 Å². The van der Waals surface area contributed by atoms with Crippen LogP contribution in [0.5, 0.6) is 0 Å². The Labute approximate surface area is 160 Å². The number of para-hydroxylation sites is 1. The summed E-state index contributed by atoms with van der Waals surface area (Å²) in [5.41, 5.74) is 1.16. The normalized spacial score (nSPS) is 18.4. The topological polar surface area (TPSA) is 102 Å². The molecule has 3 rings (SSSR count). The van der Waals surface area contributed by atoms with E-state index in [0.29, 0.717) is 16.5 Å². The largest absolute Gasteiger partial charge is 0.545 e. The molecule has 0 saturated carbocycles. The second-order valence-electron chi connectivity index (χ2n) is 5.85. The molecule has 0 bridgehead atoms. The first-order valence-corrected chi connectivity index (χ1v) is 9.01. The van der Waals surface area contributed by atoms with Gasteiger partial charge in [-0.15, -0.1) is 0 Å². The van der Waals surface area contributed by atoms with Crippen molar-refractivity contribution in [2.24, 2.45) is 4.99 Å². The third kappa shape index (κ3) is 4.53. The second kappa shape index (κ2) is 8.05. The number of carboxylic acids is 1. The van der Waals surface area contributed by atoms with Gasteiger partial charge in [-0.1, -0.05) is 42.1 Å². The molecule has 138 valence electrons. The van der Waals surface area contributed by atoms with E-state index >= 15 is 0 Å². The number of thioether (sulfide) groups is 1. The zero-order valence-corrected chi connectivity index (χ0v) is 15.2. The van der Waals surface area contributed by atoms with Crippen molar-refractivity contribution in [1.29, 1.82) is 0 Å². The summed E-state index contributed by atoms with van der Waals surface area (Å²) < 4.78 is 0. The molecule has 7 nitrogen and oxygen atoms in total. The highest BCUT2D eigenvalue weighted by molar-refractivity contribution is 8.15. The highest BCUT2D eigenvalue weighted by Gasteiger charge is 2.34. The molecular formula is C19H16N3O4S-. The predicted molar refractivity (Wildman–Crippen MR) is 102 cm³/mol. The molecular weight excluding hydrogens is 366 g/mol. The summed E-state index contributed by atoms with van der Waals surface area (Å²) in [5, 5.41) is 13.3. The number of carbonyl (C=O) groups excluding carboxylic acids is 3. The van der Waals surface area contributed by atoms with Crippen LogP contribution in [0.15, 0.2) is 59.6 Å². The number of aliphatic imine (C=N–C) groups is 1. The second-order valence-corrected chi connectivity index (χ2v) is 7.02. The monoisotopic (exact) mass is 382 g/mol. The van der Waals surface area contributed by atoms with Crippen molar-refractivity contribution in [2.75, 3.05) is 12.4 Å². The maximum atomic E-state index is 12.6. The molecule has 1 saturated heterocycles. The number of amidine groups is 1. The van der Waals surface area contributed by atoms with Crippen LogP contribution in [0.4, 0.5) is 11.4 Å². The molecule has 1 N–H and O–H groups in total. The van der Waals surface area contributed by atoms with E-state index < -0.39 is 11.2 Å². The van der Waals surface area contributed by atoms with Crippen LogP contribution in [0, 0.1) is 0 Å². The maximum Gasteiger partial charge on any atom is 0.238 e. The number of carbonyl (C=O) groups is 3. The molecule has 27 heavy (non-hydrogen) atoms. The van der Waals surface area contributed by atoms with Crippen molar-refractivity contribution >= 4 is 46.1 Å². The van der Waals surface area contributed by atoms with E-state index in [-0.39, 0.29) is 23.8 Å². The van der Waals surface area contributed by atoms with Gasteiger partial charge in [-0.05, 0) is 29.8 Å². The fourth-order valence-electron chi connectivity index (χ4n) is 2.42. The number of hydrogen-bond donors (Lipinski definition) is 1. The Morgan fingerprint density at radius 2 is 1.81 bits per heavy atom. The van der Waals surface area contributed by atoms with Gasteiger partial charge in [0.05, 0.1) is 11.7 Å². The third-order valence-electron chi connectivity index (χ3n) is 3.93. The number of aromatic carboxylic acids is 1. The first-order chi connectivity index (χ1) is 12.9. The van der Waals surface area contributed by atoms with Crippen molar-refractivity contribution < 1.29 is 19.5 Å². The summed E-state index contributed by atoms with van der Waals surface area (Å²) in [6, 6.07) is 14.8. The lowest BCUT2D eigenvalue weighted by molar-refractivity contribution is -0.255. The van der Waals surface area contributed by atoms with Gasteiger partial charge in [0.1, 0.15) is 5.25 Å². The molecule has 2 amide bonds. The molecule has 8 heteroatoms. The summed E-state index contributed by atoms with van der Waals surface area (Å²) in [6.45, 7) is 0. The van der Waals surface area contributed by atoms with Crippen LogP contribution in [0.25, 0.3) is 0 Å². The first kappa shape index (κ1) is 18.7. The lowest BCUT2D eigenvalue weighted by Crippen LogP contribution is -2.43. The molecule has 2 aromatic carbocycles. The van der Waals surface area contributed by atoms with Gasteiger partial charge in [0.15, 0.2) is 5.17 Å². The molecule has 0 unspecified atom stereocenters. The summed E-state index contributed by atoms with van der Waals surface area (Å²) in [7, 11) is 1.63. The van der Waals surface area contributed by atoms with E-state index in [1.807, 2.05) is 30.3 Å². The van der Waals surface area contributed by atoms with Crippen molar-refractivity contribution in [3.05, 3.63) is 60.2 Å². The molecule has 1 atom stereocenters. The Morgan fingerprint density at radius 3 is 2.44 bits per heavy atom. The average Bonchev–Trinajstić information content (AvgIpc) is 2.66. The van der Waals surface area contributed by atoms with Crippen LogP contribution in [0.3, 0.4) is 0 Å². The minimum atomic E-state index is -1.29. The van der Waals surface area contributed by atoms with Gasteiger partial charge in [0.2, 0.25) is 11.8 Å². The standard InChI is InChI=1S/C19H17N3O4S/c1-22-16(23)11-15(27-19(22)21-13-5-3-2-4-6-13)17(24)20-14-9-7-12(8-10-14)18(25)26/h2-10,15H,11H2,1H3,(H,20,24)(H,25,26)/p-1/t15-/m0/s1. The van der Waals surface area contributed by atoms with Gasteiger partial charge in [-0.3, -0.25) is 14.5 Å². The van der Waals surface area contributed by atoms with Gasteiger partial charge in [-0.2, -0.15) is 0 Å². The Morgan fingerprint density at radius 1 is 1.15 bits per heavy atom. The van der Waals surface area contributed by atoms with Crippen LogP contribution in [0.2, 0.25) is 0 Å². The van der Waals surface area contributed by atoms with E-state index in [4.69, 9.17) is 0 Å². The van der Waals surface area contributed by atoms with Gasteiger partial charge in [0, 0.05) is 19.2 Å². The molecule has 1 aliphatic heterocycles. The Hall–Kier alpha value is -3.13. The Kier molecular flexibility index (Phi) is 5.56. The van der Waals surface area contributed by atoms with Crippen molar-refractivity contribution in [2.45, 2.75) is 11.7 Å².